The Hall–Kier alpha value is -2.86. The number of fused-ring (bicyclic) bond motifs is 1. The van der Waals surface area contributed by atoms with E-state index in [9.17, 15) is 9.59 Å². The van der Waals surface area contributed by atoms with E-state index in [0.717, 1.165) is 16.9 Å². The molecule has 2 unspecified atom stereocenters. The van der Waals surface area contributed by atoms with Crippen LogP contribution in [-0.2, 0) is 9.59 Å². The van der Waals surface area contributed by atoms with Crippen molar-refractivity contribution in [2.24, 2.45) is 0 Å². The molecule has 0 fully saturated rings. The maximum absolute atomic E-state index is 12.9. The zero-order valence-electron chi connectivity index (χ0n) is 15.9. The van der Waals surface area contributed by atoms with Crippen molar-refractivity contribution in [2.45, 2.75) is 18.4 Å². The van der Waals surface area contributed by atoms with E-state index in [1.165, 1.54) is 0 Å². The Morgan fingerprint density at radius 2 is 1.93 bits per heavy atom. The van der Waals surface area contributed by atoms with E-state index in [2.05, 4.69) is 10.6 Å². The number of hydrogen-bond donors (Lipinski definition) is 2. The summed E-state index contributed by atoms with van der Waals surface area (Å²) in [5, 5.41) is 5.85. The van der Waals surface area contributed by atoms with E-state index in [1.54, 1.807) is 7.11 Å². The monoisotopic (exact) mass is 367 g/mol. The fraction of sp³-hybridized carbons (Fsp3) is 0.333. The smallest absolute Gasteiger partial charge is 0.228 e. The van der Waals surface area contributed by atoms with Crippen molar-refractivity contribution in [3.05, 3.63) is 59.7 Å². The molecule has 3 rings (SSSR count). The second-order valence-electron chi connectivity index (χ2n) is 6.86. The molecule has 0 saturated carbocycles. The third-order valence-electron chi connectivity index (χ3n) is 4.91. The van der Waals surface area contributed by atoms with Gasteiger partial charge in [0.05, 0.1) is 19.1 Å². The minimum atomic E-state index is -0.476. The van der Waals surface area contributed by atoms with Gasteiger partial charge in [0.1, 0.15) is 5.75 Å². The predicted molar refractivity (Wildman–Crippen MR) is 105 cm³/mol. The van der Waals surface area contributed by atoms with Crippen LogP contribution < -0.4 is 15.4 Å². The number of hydrogen-bond acceptors (Lipinski definition) is 4. The molecule has 1 aliphatic heterocycles. The van der Waals surface area contributed by atoms with Crippen LogP contribution >= 0.6 is 0 Å². The van der Waals surface area contributed by atoms with E-state index in [0.29, 0.717) is 12.2 Å². The Balaban J connectivity index is 1.77. The van der Waals surface area contributed by atoms with Crippen LogP contribution in [0.4, 0.5) is 5.69 Å². The summed E-state index contributed by atoms with van der Waals surface area (Å²) in [5.41, 5.74) is 2.57. The Morgan fingerprint density at radius 1 is 1.22 bits per heavy atom. The van der Waals surface area contributed by atoms with Crippen LogP contribution in [0.15, 0.2) is 48.5 Å². The van der Waals surface area contributed by atoms with Gasteiger partial charge in [0.25, 0.3) is 0 Å². The van der Waals surface area contributed by atoms with Gasteiger partial charge < -0.3 is 20.3 Å². The summed E-state index contributed by atoms with van der Waals surface area (Å²) in [5.74, 6) is 0.0325. The quantitative estimate of drug-likeness (QED) is 0.823. The highest BCUT2D eigenvalue weighted by Crippen LogP contribution is 2.32. The third kappa shape index (κ3) is 4.11. The summed E-state index contributed by atoms with van der Waals surface area (Å²) in [6.07, 6.45) is 0.157. The molecule has 2 amide bonds. The number of methoxy groups -OCH3 is 1. The molecule has 0 radical (unpaired) electrons. The van der Waals surface area contributed by atoms with Gasteiger partial charge in [0.2, 0.25) is 11.8 Å². The van der Waals surface area contributed by atoms with Crippen molar-refractivity contribution < 1.29 is 14.3 Å². The number of nitrogens with zero attached hydrogens (tertiary/aromatic N) is 1. The fourth-order valence-corrected chi connectivity index (χ4v) is 3.48. The van der Waals surface area contributed by atoms with Crippen molar-refractivity contribution >= 4 is 17.5 Å². The lowest BCUT2D eigenvalue weighted by atomic mass is 9.89. The lowest BCUT2D eigenvalue weighted by Crippen LogP contribution is -2.39. The first-order valence-corrected chi connectivity index (χ1v) is 8.97. The largest absolute Gasteiger partial charge is 0.496 e. The Labute approximate surface area is 159 Å². The number of rotatable bonds is 6. The molecule has 0 aliphatic carbocycles. The number of carbonyl (C=O) groups excluding carboxylic acids is 2. The molecule has 27 heavy (non-hydrogen) atoms. The van der Waals surface area contributed by atoms with Crippen LogP contribution in [-0.4, -0.2) is 44.5 Å². The summed E-state index contributed by atoms with van der Waals surface area (Å²) in [6, 6.07) is 15.2. The number of likely N-dealkylation sites (N-methyl/N-ethyl adjacent to an activating group) is 1. The molecule has 2 aromatic rings. The van der Waals surface area contributed by atoms with Crippen LogP contribution in [0.2, 0.25) is 0 Å². The predicted octanol–water partition coefficient (Wildman–Crippen LogP) is 2.54. The molecule has 0 aromatic heterocycles. The first kappa shape index (κ1) is 18.9. The fourth-order valence-electron chi connectivity index (χ4n) is 3.48. The Bertz CT molecular complexity index is 835. The van der Waals surface area contributed by atoms with Gasteiger partial charge in [-0.1, -0.05) is 36.4 Å². The summed E-state index contributed by atoms with van der Waals surface area (Å²) < 4.78 is 5.47. The first-order chi connectivity index (χ1) is 13.0. The SMILES string of the molecule is COc1ccccc1C(CNC(=O)C1CC(=O)Nc2ccccc21)N(C)C. The van der Waals surface area contributed by atoms with E-state index < -0.39 is 5.92 Å². The normalized spacial score (nSPS) is 17.0. The van der Waals surface area contributed by atoms with Crippen LogP contribution in [0, 0.1) is 0 Å². The highest BCUT2D eigenvalue weighted by Gasteiger charge is 2.31. The summed E-state index contributed by atoms with van der Waals surface area (Å²) in [4.78, 5) is 26.9. The van der Waals surface area contributed by atoms with Crippen LogP contribution in [0.1, 0.15) is 29.5 Å². The van der Waals surface area contributed by atoms with Crippen molar-refractivity contribution in [3.8, 4) is 5.75 Å². The second-order valence-corrected chi connectivity index (χ2v) is 6.86. The summed E-state index contributed by atoms with van der Waals surface area (Å²) in [6.45, 7) is 0.423. The number of anilines is 1. The van der Waals surface area contributed by atoms with Crippen LogP contribution in [0.5, 0.6) is 5.75 Å². The molecular formula is C21H25N3O3. The average molecular weight is 367 g/mol. The van der Waals surface area contributed by atoms with Gasteiger partial charge in [-0.3, -0.25) is 9.59 Å². The van der Waals surface area contributed by atoms with Crippen molar-refractivity contribution in [1.82, 2.24) is 10.2 Å². The Kier molecular flexibility index (Phi) is 5.76. The number of para-hydroxylation sites is 2. The molecule has 0 saturated heterocycles. The van der Waals surface area contributed by atoms with Gasteiger partial charge in [0, 0.05) is 24.2 Å². The molecule has 0 spiro atoms. The molecule has 6 heteroatoms. The topological polar surface area (TPSA) is 70.7 Å². The lowest BCUT2D eigenvalue weighted by molar-refractivity contribution is -0.126. The van der Waals surface area contributed by atoms with E-state index in [1.807, 2.05) is 67.5 Å². The molecule has 1 aliphatic rings. The number of ether oxygens (including phenoxy) is 1. The van der Waals surface area contributed by atoms with Crippen molar-refractivity contribution in [1.29, 1.82) is 0 Å². The van der Waals surface area contributed by atoms with Gasteiger partial charge in [-0.25, -0.2) is 0 Å². The molecule has 0 bridgehead atoms. The molecule has 142 valence electrons. The number of nitrogens with one attached hydrogen (secondary N) is 2. The molecule has 2 atom stereocenters. The second kappa shape index (κ2) is 8.22. The van der Waals surface area contributed by atoms with Gasteiger partial charge in [-0.15, -0.1) is 0 Å². The minimum absolute atomic E-state index is 0.0437. The summed E-state index contributed by atoms with van der Waals surface area (Å²) in [7, 11) is 5.57. The summed E-state index contributed by atoms with van der Waals surface area (Å²) >= 11 is 0. The van der Waals surface area contributed by atoms with Crippen molar-refractivity contribution in [3.63, 3.8) is 0 Å². The highest BCUT2D eigenvalue weighted by molar-refractivity contribution is 6.01. The van der Waals surface area contributed by atoms with E-state index in [-0.39, 0.29) is 24.3 Å². The molecular weight excluding hydrogens is 342 g/mol. The van der Waals surface area contributed by atoms with Gasteiger partial charge in [-0.05, 0) is 31.8 Å². The van der Waals surface area contributed by atoms with Gasteiger partial charge in [0.15, 0.2) is 0 Å². The van der Waals surface area contributed by atoms with E-state index in [4.69, 9.17) is 4.74 Å². The third-order valence-corrected chi connectivity index (χ3v) is 4.91. The van der Waals surface area contributed by atoms with Gasteiger partial charge >= 0.3 is 0 Å². The number of amides is 2. The molecule has 1 heterocycles. The van der Waals surface area contributed by atoms with Crippen LogP contribution in [0.25, 0.3) is 0 Å². The zero-order chi connectivity index (χ0) is 19.4. The first-order valence-electron chi connectivity index (χ1n) is 8.97. The number of benzene rings is 2. The minimum Gasteiger partial charge on any atom is -0.496 e. The standard InChI is InChI=1S/C21H25N3O3/c1-24(2)18(15-9-5-7-11-19(15)27-3)13-22-21(26)16-12-20(25)23-17-10-6-4-8-14(16)17/h4-11,16,18H,12-13H2,1-3H3,(H,22,26)(H,23,25). The molecule has 2 aromatic carbocycles. The maximum atomic E-state index is 12.9. The number of carbonyl (C=O) groups is 2. The molecule has 6 nitrogen and oxygen atoms in total. The average Bonchev–Trinajstić information content (AvgIpc) is 2.67. The van der Waals surface area contributed by atoms with Crippen LogP contribution in [0.3, 0.4) is 0 Å². The highest BCUT2D eigenvalue weighted by atomic mass is 16.5. The maximum Gasteiger partial charge on any atom is 0.228 e. The van der Waals surface area contributed by atoms with Crippen molar-refractivity contribution in [2.75, 3.05) is 33.1 Å². The van der Waals surface area contributed by atoms with E-state index >= 15 is 0 Å². The zero-order valence-corrected chi connectivity index (χ0v) is 15.9. The lowest BCUT2D eigenvalue weighted by Gasteiger charge is -2.29. The van der Waals surface area contributed by atoms with Gasteiger partial charge in [-0.2, -0.15) is 0 Å². The molecule has 2 N–H and O–H groups in total. The Morgan fingerprint density at radius 3 is 2.67 bits per heavy atom.